The monoisotopic (exact) mass is 547 g/mol. The van der Waals surface area contributed by atoms with Crippen LogP contribution in [0.3, 0.4) is 0 Å². The summed E-state index contributed by atoms with van der Waals surface area (Å²) in [6.07, 6.45) is -0.474. The average molecular weight is 548 g/mol. The maximum absolute atomic E-state index is 13.3. The Labute approximate surface area is 229 Å². The van der Waals surface area contributed by atoms with Crippen molar-refractivity contribution in [1.29, 1.82) is 0 Å². The van der Waals surface area contributed by atoms with Crippen LogP contribution in [-0.2, 0) is 4.74 Å². The summed E-state index contributed by atoms with van der Waals surface area (Å²) < 4.78 is 27.2. The Morgan fingerprint density at radius 1 is 0.900 bits per heavy atom. The van der Waals surface area contributed by atoms with Crippen molar-refractivity contribution in [2.45, 2.75) is 18.1 Å². The highest BCUT2D eigenvalue weighted by Gasteiger charge is 2.51. The molecule has 1 fully saturated rings. The number of phenolic OH excluding ortho intramolecular Hbond substituents is 2. The normalized spacial score (nSPS) is 19.6. The maximum atomic E-state index is 13.3. The van der Waals surface area contributed by atoms with Crippen molar-refractivity contribution in [1.82, 2.24) is 9.88 Å². The minimum atomic E-state index is -0.590. The summed E-state index contributed by atoms with van der Waals surface area (Å²) in [5, 5.41) is 25.5. The minimum Gasteiger partial charge on any atom is -0.502 e. The largest absolute Gasteiger partial charge is 0.502 e. The molecule has 0 bridgehead atoms. The first-order valence-electron chi connectivity index (χ1n) is 12.6. The van der Waals surface area contributed by atoms with Gasteiger partial charge in [0.2, 0.25) is 11.5 Å². The van der Waals surface area contributed by atoms with Gasteiger partial charge in [-0.1, -0.05) is 18.2 Å². The number of aromatic amines is 1. The molecule has 11 nitrogen and oxygen atoms in total. The van der Waals surface area contributed by atoms with Crippen molar-refractivity contribution >= 4 is 22.7 Å². The fourth-order valence-corrected chi connectivity index (χ4v) is 5.79. The van der Waals surface area contributed by atoms with E-state index in [4.69, 9.17) is 23.7 Å². The summed E-state index contributed by atoms with van der Waals surface area (Å²) in [4.78, 5) is 18.5. The standard InChI is InChI=1S/C29H29N3O8/c1-36-19-9-14(10-20(37-2)27(19)33)26-25-23(16-7-5-6-8-17(16)31-25)24(18-13-40-29(35)32(18)26)30-15-11-21(38-3)28(34)22(12-15)39-4/h5-12,18,24,26,30-31,33-34H,13H2,1-4H3/t18-,24+,26-/m1/s1. The topological polar surface area (TPSA) is 135 Å². The fraction of sp³-hybridized carbons (Fsp3) is 0.276. The number of carbonyl (C=O) groups is 1. The van der Waals surface area contributed by atoms with Crippen LogP contribution in [-0.4, -0.2) is 67.3 Å². The molecule has 2 aliphatic rings. The number of methoxy groups -OCH3 is 4. The molecule has 4 aromatic rings. The molecule has 1 saturated heterocycles. The van der Waals surface area contributed by atoms with E-state index < -0.39 is 24.2 Å². The van der Waals surface area contributed by atoms with Gasteiger partial charge in [-0.2, -0.15) is 0 Å². The number of aromatic nitrogens is 1. The lowest BCUT2D eigenvalue weighted by molar-refractivity contribution is 0.145. The summed E-state index contributed by atoms with van der Waals surface area (Å²) in [6, 6.07) is 13.3. The van der Waals surface area contributed by atoms with Crippen LogP contribution in [0.25, 0.3) is 10.9 Å². The number of fused-ring (bicyclic) bond motifs is 4. The SMILES string of the molecule is COc1cc(N[C@@H]2c3c([nH]c4ccccc34)[C@@H](c3cc(OC)c(O)c(OC)c3)N3C(=O)OC[C@H]23)cc(OC)c1O. The molecule has 0 radical (unpaired) electrons. The van der Waals surface area contributed by atoms with E-state index in [9.17, 15) is 15.0 Å². The smallest absolute Gasteiger partial charge is 0.411 e. The highest BCUT2D eigenvalue weighted by molar-refractivity contribution is 5.88. The predicted octanol–water partition coefficient (Wildman–Crippen LogP) is 4.69. The number of aromatic hydroxyl groups is 2. The molecule has 3 aromatic carbocycles. The lowest BCUT2D eigenvalue weighted by Crippen LogP contribution is -2.47. The zero-order chi connectivity index (χ0) is 28.1. The Morgan fingerprint density at radius 3 is 2.08 bits per heavy atom. The van der Waals surface area contributed by atoms with Gasteiger partial charge in [-0.25, -0.2) is 4.79 Å². The summed E-state index contributed by atoms with van der Waals surface area (Å²) in [5.41, 5.74) is 3.93. The first kappa shape index (κ1) is 25.4. The van der Waals surface area contributed by atoms with Crippen LogP contribution in [0, 0.1) is 0 Å². The lowest BCUT2D eigenvalue weighted by atomic mass is 9.85. The molecule has 0 spiro atoms. The number of amides is 1. The summed E-state index contributed by atoms with van der Waals surface area (Å²) in [6.45, 7) is 0.144. The highest BCUT2D eigenvalue weighted by atomic mass is 16.6. The van der Waals surface area contributed by atoms with E-state index in [2.05, 4.69) is 10.3 Å². The molecule has 1 amide bonds. The van der Waals surface area contributed by atoms with Crippen LogP contribution in [0.4, 0.5) is 10.5 Å². The van der Waals surface area contributed by atoms with Crippen LogP contribution in [0.2, 0.25) is 0 Å². The molecule has 208 valence electrons. The molecule has 11 heteroatoms. The number of carbonyl (C=O) groups excluding carboxylic acids is 1. The second-order valence-corrected chi connectivity index (χ2v) is 9.58. The number of para-hydroxylation sites is 1. The van der Waals surface area contributed by atoms with Crippen molar-refractivity contribution in [3.8, 4) is 34.5 Å². The quantitative estimate of drug-likeness (QED) is 0.243. The Bertz CT molecular complexity index is 1570. The summed E-state index contributed by atoms with van der Waals surface area (Å²) in [7, 11) is 5.85. The molecule has 2 aliphatic heterocycles. The van der Waals surface area contributed by atoms with Crippen molar-refractivity contribution < 1.29 is 38.7 Å². The van der Waals surface area contributed by atoms with Crippen molar-refractivity contribution in [3.63, 3.8) is 0 Å². The number of benzene rings is 3. The van der Waals surface area contributed by atoms with E-state index >= 15 is 0 Å². The van der Waals surface area contributed by atoms with Crippen molar-refractivity contribution in [2.75, 3.05) is 40.4 Å². The Kier molecular flexibility index (Phi) is 6.13. The molecule has 3 atom stereocenters. The zero-order valence-electron chi connectivity index (χ0n) is 22.3. The van der Waals surface area contributed by atoms with Gasteiger partial charge in [0.15, 0.2) is 23.0 Å². The second kappa shape index (κ2) is 9.67. The number of rotatable bonds is 7. The Hall–Kier alpha value is -4.93. The zero-order valence-corrected chi connectivity index (χ0v) is 22.3. The van der Waals surface area contributed by atoms with Gasteiger partial charge < -0.3 is 44.2 Å². The molecule has 6 rings (SSSR count). The molecule has 0 aliphatic carbocycles. The number of cyclic esters (lactones) is 1. The van der Waals surface area contributed by atoms with E-state index in [1.165, 1.54) is 28.4 Å². The van der Waals surface area contributed by atoms with Gasteiger partial charge in [0, 0.05) is 40.0 Å². The fourth-order valence-electron chi connectivity index (χ4n) is 5.79. The summed E-state index contributed by atoms with van der Waals surface area (Å²) in [5.74, 6) is 0.696. The number of anilines is 1. The predicted molar refractivity (Wildman–Crippen MR) is 146 cm³/mol. The van der Waals surface area contributed by atoms with Gasteiger partial charge in [0.05, 0.1) is 40.5 Å². The first-order chi connectivity index (χ1) is 19.4. The molecule has 40 heavy (non-hydrogen) atoms. The number of ether oxygens (including phenoxy) is 5. The maximum Gasteiger partial charge on any atom is 0.411 e. The van der Waals surface area contributed by atoms with Gasteiger partial charge in [-0.15, -0.1) is 0 Å². The van der Waals surface area contributed by atoms with Gasteiger partial charge >= 0.3 is 6.09 Å². The van der Waals surface area contributed by atoms with E-state index in [0.29, 0.717) is 11.3 Å². The third-order valence-corrected chi connectivity index (χ3v) is 7.59. The Balaban J connectivity index is 1.57. The molecular formula is C29H29N3O8. The van der Waals surface area contributed by atoms with Gasteiger partial charge in [0.25, 0.3) is 0 Å². The van der Waals surface area contributed by atoms with Crippen LogP contribution in [0.1, 0.15) is 28.9 Å². The first-order valence-corrected chi connectivity index (χ1v) is 12.6. The van der Waals surface area contributed by atoms with E-state index in [0.717, 1.165) is 22.2 Å². The number of phenols is 2. The van der Waals surface area contributed by atoms with Crippen LogP contribution in [0.15, 0.2) is 48.5 Å². The van der Waals surface area contributed by atoms with Crippen LogP contribution in [0.5, 0.6) is 34.5 Å². The van der Waals surface area contributed by atoms with Crippen LogP contribution < -0.4 is 24.3 Å². The summed E-state index contributed by atoms with van der Waals surface area (Å²) >= 11 is 0. The van der Waals surface area contributed by atoms with Gasteiger partial charge in [-0.3, -0.25) is 4.90 Å². The molecule has 0 unspecified atom stereocenters. The second-order valence-electron chi connectivity index (χ2n) is 9.58. The van der Waals surface area contributed by atoms with Crippen molar-refractivity contribution in [2.24, 2.45) is 0 Å². The Morgan fingerprint density at radius 2 is 1.48 bits per heavy atom. The minimum absolute atomic E-state index is 0.108. The van der Waals surface area contributed by atoms with E-state index in [-0.39, 0.29) is 41.1 Å². The van der Waals surface area contributed by atoms with Crippen molar-refractivity contribution in [3.05, 3.63) is 65.4 Å². The third-order valence-electron chi connectivity index (χ3n) is 7.59. The number of hydrogen-bond acceptors (Lipinski definition) is 9. The number of nitrogens with zero attached hydrogens (tertiary/aromatic N) is 1. The number of nitrogens with one attached hydrogen (secondary N) is 2. The number of hydrogen-bond donors (Lipinski definition) is 4. The van der Waals surface area contributed by atoms with Crippen LogP contribution >= 0.6 is 0 Å². The lowest BCUT2D eigenvalue weighted by Gasteiger charge is -2.41. The third kappa shape index (κ3) is 3.76. The van der Waals surface area contributed by atoms with Gasteiger partial charge in [-0.05, 0) is 23.8 Å². The van der Waals surface area contributed by atoms with E-state index in [1.54, 1.807) is 29.2 Å². The van der Waals surface area contributed by atoms with Gasteiger partial charge in [0.1, 0.15) is 12.6 Å². The molecule has 3 heterocycles. The molecular weight excluding hydrogens is 518 g/mol. The molecule has 0 saturated carbocycles. The average Bonchev–Trinajstić information content (AvgIpc) is 3.55. The van der Waals surface area contributed by atoms with E-state index in [1.807, 2.05) is 24.3 Å². The molecule has 4 N–H and O–H groups in total. The molecule has 1 aromatic heterocycles. The highest BCUT2D eigenvalue weighted by Crippen LogP contribution is 2.51. The number of H-pyrrole nitrogens is 1.